The second-order valence-corrected chi connectivity index (χ2v) is 22.2. The number of ether oxygens (including phenoxy) is 4. The normalized spacial score (nSPS) is 24.9. The van der Waals surface area contributed by atoms with E-state index in [2.05, 4.69) is 79.9 Å². The van der Waals surface area contributed by atoms with Crippen LogP contribution in [0.25, 0.3) is 0 Å². The lowest BCUT2D eigenvalue weighted by atomic mass is 9.97. The predicted molar refractivity (Wildman–Crippen MR) is 314 cm³/mol. The van der Waals surface area contributed by atoms with Gasteiger partial charge in [-0.25, -0.2) is 0 Å². The number of aliphatic hydroxyl groups excluding tert-OH is 8. The van der Waals surface area contributed by atoms with E-state index in [4.69, 9.17) is 18.9 Å². The number of hydrogen-bond acceptors (Lipinski definition) is 13. The maximum absolute atomic E-state index is 13.2. The van der Waals surface area contributed by atoms with Crippen molar-refractivity contribution in [3.63, 3.8) is 0 Å². The van der Waals surface area contributed by atoms with Gasteiger partial charge in [-0.05, 0) is 57.8 Å². The van der Waals surface area contributed by atoms with E-state index < -0.39 is 86.8 Å². The maximum Gasteiger partial charge on any atom is 0.220 e. The summed E-state index contributed by atoms with van der Waals surface area (Å²) in [5, 5.41) is 87.0. The average Bonchev–Trinajstić information content (AvgIpc) is 3.44. The Kier molecular flexibility index (Phi) is 45.4. The first kappa shape index (κ1) is 71.8. The molecule has 0 aliphatic carbocycles. The first-order chi connectivity index (χ1) is 38.1. The summed E-state index contributed by atoms with van der Waals surface area (Å²) in [5.74, 6) is -0.208. The zero-order valence-electron chi connectivity index (χ0n) is 48.9. The molecular formula is C64H115NO13. The van der Waals surface area contributed by atoms with Crippen LogP contribution in [0, 0.1) is 0 Å². The Morgan fingerprint density at radius 2 is 0.885 bits per heavy atom. The number of allylic oxidation sites excluding steroid dienone is 10. The van der Waals surface area contributed by atoms with Crippen LogP contribution in [-0.4, -0.2) is 140 Å². The molecule has 454 valence electrons. The highest BCUT2D eigenvalue weighted by Crippen LogP contribution is 2.30. The molecule has 2 saturated heterocycles. The lowest BCUT2D eigenvalue weighted by Crippen LogP contribution is -2.65. The molecule has 9 N–H and O–H groups in total. The molecule has 0 radical (unpaired) electrons. The minimum absolute atomic E-state index is 0.208. The number of rotatable bonds is 50. The zero-order valence-corrected chi connectivity index (χ0v) is 48.9. The van der Waals surface area contributed by atoms with E-state index in [-0.39, 0.29) is 12.5 Å². The summed E-state index contributed by atoms with van der Waals surface area (Å²) in [4.78, 5) is 13.2. The highest BCUT2D eigenvalue weighted by atomic mass is 16.7. The summed E-state index contributed by atoms with van der Waals surface area (Å²) in [5.41, 5.74) is 0. The average molecular weight is 1110 g/mol. The predicted octanol–water partition coefficient (Wildman–Crippen LogP) is 11.3. The summed E-state index contributed by atoms with van der Waals surface area (Å²) in [6, 6.07) is -0.826. The van der Waals surface area contributed by atoms with E-state index in [0.29, 0.717) is 12.8 Å². The molecule has 0 bridgehead atoms. The molecular weight excluding hydrogens is 991 g/mol. The highest BCUT2D eigenvalue weighted by molar-refractivity contribution is 5.76. The Morgan fingerprint density at radius 1 is 0.474 bits per heavy atom. The fourth-order valence-corrected chi connectivity index (χ4v) is 10.2. The van der Waals surface area contributed by atoms with Crippen molar-refractivity contribution in [2.75, 3.05) is 19.8 Å². The topological polar surface area (TPSA) is 228 Å². The lowest BCUT2D eigenvalue weighted by Gasteiger charge is -2.46. The Bertz CT molecular complexity index is 1540. The molecule has 0 spiro atoms. The van der Waals surface area contributed by atoms with E-state index in [1.54, 1.807) is 0 Å². The van der Waals surface area contributed by atoms with Gasteiger partial charge in [-0.15, -0.1) is 0 Å². The summed E-state index contributed by atoms with van der Waals surface area (Å²) < 4.78 is 22.8. The molecule has 2 fully saturated rings. The number of nitrogens with one attached hydrogen (secondary N) is 1. The van der Waals surface area contributed by atoms with Crippen molar-refractivity contribution in [2.45, 2.75) is 319 Å². The van der Waals surface area contributed by atoms with Crippen molar-refractivity contribution in [3.8, 4) is 0 Å². The van der Waals surface area contributed by atoms with E-state index in [1.807, 2.05) is 0 Å². The molecule has 0 saturated carbocycles. The second kappa shape index (κ2) is 49.3. The quantitative estimate of drug-likeness (QED) is 0.0204. The van der Waals surface area contributed by atoms with Gasteiger partial charge >= 0.3 is 0 Å². The highest BCUT2D eigenvalue weighted by Gasteiger charge is 2.51. The number of aliphatic hydroxyl groups is 8. The van der Waals surface area contributed by atoms with Crippen LogP contribution in [0.15, 0.2) is 60.8 Å². The van der Waals surface area contributed by atoms with Crippen LogP contribution < -0.4 is 5.32 Å². The molecule has 2 heterocycles. The molecule has 0 aromatic rings. The van der Waals surface area contributed by atoms with Gasteiger partial charge in [-0.3, -0.25) is 4.79 Å². The Morgan fingerprint density at radius 3 is 1.36 bits per heavy atom. The number of hydrogen-bond donors (Lipinski definition) is 9. The van der Waals surface area contributed by atoms with Gasteiger partial charge in [0, 0.05) is 6.42 Å². The van der Waals surface area contributed by atoms with Gasteiger partial charge in [0.05, 0.1) is 32.0 Å². The monoisotopic (exact) mass is 1110 g/mol. The van der Waals surface area contributed by atoms with Crippen LogP contribution in [0.3, 0.4) is 0 Å². The molecule has 12 unspecified atom stereocenters. The van der Waals surface area contributed by atoms with Gasteiger partial charge in [0.15, 0.2) is 12.6 Å². The first-order valence-electron chi connectivity index (χ1n) is 31.5. The Balaban J connectivity index is 1.57. The summed E-state index contributed by atoms with van der Waals surface area (Å²) >= 11 is 0. The van der Waals surface area contributed by atoms with Crippen LogP contribution in [0.5, 0.6) is 0 Å². The first-order valence-corrected chi connectivity index (χ1v) is 31.5. The van der Waals surface area contributed by atoms with Gasteiger partial charge in [0.2, 0.25) is 5.91 Å². The fraction of sp³-hybridized carbons (Fsp3) is 0.828. The van der Waals surface area contributed by atoms with Gasteiger partial charge in [-0.2, -0.15) is 0 Å². The minimum atomic E-state index is -1.78. The molecule has 12 atom stereocenters. The molecule has 2 aliphatic rings. The molecule has 14 heteroatoms. The summed E-state index contributed by atoms with van der Waals surface area (Å²) in [6.45, 7) is 2.72. The zero-order chi connectivity index (χ0) is 56.7. The van der Waals surface area contributed by atoms with Crippen molar-refractivity contribution >= 4 is 5.91 Å². The van der Waals surface area contributed by atoms with Crippen molar-refractivity contribution < 1.29 is 64.6 Å². The van der Waals surface area contributed by atoms with Crippen LogP contribution in [-0.2, 0) is 23.7 Å². The van der Waals surface area contributed by atoms with Gasteiger partial charge < -0.3 is 65.1 Å². The summed E-state index contributed by atoms with van der Waals surface area (Å²) in [6.07, 6.45) is 47.0. The van der Waals surface area contributed by atoms with Gasteiger partial charge in [0.1, 0.15) is 48.8 Å². The molecule has 2 rings (SSSR count). The van der Waals surface area contributed by atoms with Crippen LogP contribution >= 0.6 is 0 Å². The number of carbonyl (C=O) groups is 1. The molecule has 2 aliphatic heterocycles. The van der Waals surface area contributed by atoms with Crippen LogP contribution in [0.4, 0.5) is 0 Å². The molecule has 0 aromatic heterocycles. The molecule has 78 heavy (non-hydrogen) atoms. The molecule has 1 amide bonds. The second-order valence-electron chi connectivity index (χ2n) is 22.2. The van der Waals surface area contributed by atoms with E-state index in [1.165, 1.54) is 135 Å². The van der Waals surface area contributed by atoms with E-state index >= 15 is 0 Å². The van der Waals surface area contributed by atoms with Crippen molar-refractivity contribution in [3.05, 3.63) is 60.8 Å². The standard InChI is InChI=1S/C64H115NO13/c1-3-5-7-9-11-13-14-15-16-17-18-19-20-21-22-23-24-25-26-27-28-29-30-31-32-33-34-35-36-37-38-40-42-44-46-48-56(69)65-52(53(68)47-45-43-41-39-12-10-8-6-4-2)51-75-63-61(74)59(72)62(55(50-67)77-63)78-64-60(73)58(71)57(70)54(49-66)76-64/h5,7,11,13,15-16,18-19,21-22,52-55,57-64,66-68,70-74H,3-4,6,8-10,12,14,17,20,23-51H2,1-2H3,(H,65,69)/b7-5-,13-11-,16-15-,19-18-,22-21-. The van der Waals surface area contributed by atoms with Crippen molar-refractivity contribution in [2.24, 2.45) is 0 Å². The number of unbranched alkanes of at least 4 members (excludes halogenated alkanes) is 27. The smallest absolute Gasteiger partial charge is 0.220 e. The van der Waals surface area contributed by atoms with Gasteiger partial charge in [-0.1, -0.05) is 242 Å². The summed E-state index contributed by atoms with van der Waals surface area (Å²) in [7, 11) is 0. The minimum Gasteiger partial charge on any atom is -0.394 e. The third-order valence-electron chi connectivity index (χ3n) is 15.2. The Hall–Kier alpha value is -2.31. The van der Waals surface area contributed by atoms with Crippen LogP contribution in [0.2, 0.25) is 0 Å². The molecule has 0 aromatic carbocycles. The van der Waals surface area contributed by atoms with Crippen LogP contribution in [0.1, 0.15) is 245 Å². The third kappa shape index (κ3) is 34.2. The maximum atomic E-state index is 13.2. The SMILES string of the molecule is CC/C=C\C/C=C\C/C=C\C/C=C\C/C=C\CCCCCCCCCCCCCCCCCCCCCC(=O)NC(COC1OC(CO)C(OC2OC(CO)C(O)C(O)C2O)C(O)C1O)C(O)CCCCCCCCCCC. The largest absolute Gasteiger partial charge is 0.394 e. The van der Waals surface area contributed by atoms with Crippen molar-refractivity contribution in [1.29, 1.82) is 0 Å². The number of amides is 1. The Labute approximate surface area is 473 Å². The van der Waals surface area contributed by atoms with E-state index in [0.717, 1.165) is 83.5 Å². The fourth-order valence-electron chi connectivity index (χ4n) is 10.2. The lowest BCUT2D eigenvalue weighted by molar-refractivity contribution is -0.359. The van der Waals surface area contributed by atoms with Gasteiger partial charge in [0.25, 0.3) is 0 Å². The van der Waals surface area contributed by atoms with E-state index in [9.17, 15) is 45.6 Å². The molecule has 14 nitrogen and oxygen atoms in total. The van der Waals surface area contributed by atoms with Crippen molar-refractivity contribution in [1.82, 2.24) is 5.32 Å². The number of carbonyl (C=O) groups excluding carboxylic acids is 1. The third-order valence-corrected chi connectivity index (χ3v) is 15.2.